The first kappa shape index (κ1) is 24.0. The summed E-state index contributed by atoms with van der Waals surface area (Å²) in [5, 5.41) is 4.67. The van der Waals surface area contributed by atoms with Crippen molar-refractivity contribution >= 4 is 20.2 Å². The number of halogens is 2. The standard InChI is InChI=1S/C18H37N4.2ClH.Mn/c1-3-4-13-22-14-5-7-18(22)8-15-21-12-6-11-20(2)16-9-19-10-17-21;;;/h18H,3-17H2,1-2H3;2*1H;/q-1;;;+2/p-2. The summed E-state index contributed by atoms with van der Waals surface area (Å²) in [7, 11) is 11.8. The van der Waals surface area contributed by atoms with Crippen LogP contribution in [0.1, 0.15) is 45.4 Å². The average Bonchev–Trinajstić information content (AvgIpc) is 3.05. The fraction of sp³-hybridized carbons (Fsp3) is 1.00. The third-order valence-corrected chi connectivity index (χ3v) is 5.30. The summed E-state index contributed by atoms with van der Waals surface area (Å²) >= 11 is 0.00694. The first-order chi connectivity index (χ1) is 12.2. The van der Waals surface area contributed by atoms with Gasteiger partial charge in [0.15, 0.2) is 0 Å². The van der Waals surface area contributed by atoms with Crippen LogP contribution in [0.15, 0.2) is 0 Å². The number of likely N-dealkylation sites (N-methyl/N-ethyl adjacent to an activating group) is 1. The third kappa shape index (κ3) is 11.4. The Balaban J connectivity index is 0.000000970. The van der Waals surface area contributed by atoms with Gasteiger partial charge >= 0.3 is 33.3 Å². The molecule has 0 aromatic carbocycles. The maximum atomic E-state index is 4.80. The van der Waals surface area contributed by atoms with E-state index >= 15 is 0 Å². The molecule has 1 unspecified atom stereocenters. The molecule has 4 nitrogen and oxygen atoms in total. The Bertz CT molecular complexity index is 313. The topological polar surface area (TPSA) is 23.8 Å². The van der Waals surface area contributed by atoms with Gasteiger partial charge in [-0.1, -0.05) is 13.3 Å². The molecule has 0 spiro atoms. The SMILES string of the molecule is CCCCN1CCCC1CCN1CCCN(C)CC[N-]CC1.[Cl][Mn][Cl]. The predicted octanol–water partition coefficient (Wildman–Crippen LogP) is 4.03. The Morgan fingerprint density at radius 2 is 1.76 bits per heavy atom. The number of likely N-dealkylation sites (tertiary alicyclic amines) is 1. The van der Waals surface area contributed by atoms with Crippen molar-refractivity contribution in [2.75, 3.05) is 66.0 Å². The molecule has 0 radical (unpaired) electrons. The molecule has 2 heterocycles. The molecule has 25 heavy (non-hydrogen) atoms. The van der Waals surface area contributed by atoms with E-state index in [9.17, 15) is 0 Å². The molecule has 1 atom stereocenters. The van der Waals surface area contributed by atoms with Crippen molar-refractivity contribution in [3.05, 3.63) is 5.32 Å². The van der Waals surface area contributed by atoms with Gasteiger partial charge in [-0.15, -0.1) is 13.1 Å². The molecule has 2 fully saturated rings. The Morgan fingerprint density at radius 1 is 1.00 bits per heavy atom. The molecule has 0 saturated carbocycles. The molecular weight excluding hydrogens is 398 g/mol. The minimum absolute atomic E-state index is 0.00694. The van der Waals surface area contributed by atoms with Crippen LogP contribution in [0.5, 0.6) is 0 Å². The normalized spacial score (nSPS) is 24.7. The fourth-order valence-electron chi connectivity index (χ4n) is 3.79. The summed E-state index contributed by atoms with van der Waals surface area (Å²) in [6.45, 7) is 13.0. The van der Waals surface area contributed by atoms with Gasteiger partial charge < -0.3 is 20.0 Å². The second kappa shape index (κ2) is 15.9. The Hall–Kier alpha value is 0.939. The van der Waals surface area contributed by atoms with Gasteiger partial charge in [0.2, 0.25) is 0 Å². The first-order valence-electron chi connectivity index (χ1n) is 9.86. The van der Waals surface area contributed by atoms with E-state index in [0.29, 0.717) is 0 Å². The van der Waals surface area contributed by atoms with Crippen LogP contribution in [0.3, 0.4) is 0 Å². The number of hydrogen-bond acceptors (Lipinski definition) is 3. The van der Waals surface area contributed by atoms with Gasteiger partial charge in [-0.3, -0.25) is 0 Å². The van der Waals surface area contributed by atoms with E-state index in [-0.39, 0.29) is 13.1 Å². The summed E-state index contributed by atoms with van der Waals surface area (Å²) in [4.78, 5) is 7.85. The molecule has 2 aliphatic heterocycles. The van der Waals surface area contributed by atoms with Crippen molar-refractivity contribution in [3.8, 4) is 0 Å². The van der Waals surface area contributed by atoms with Crippen LogP contribution < -0.4 is 0 Å². The molecule has 2 aliphatic rings. The van der Waals surface area contributed by atoms with E-state index in [1.807, 2.05) is 0 Å². The first-order valence-corrected chi connectivity index (χ1v) is 13.1. The summed E-state index contributed by atoms with van der Waals surface area (Å²) in [5.41, 5.74) is 0. The molecule has 0 aromatic rings. The van der Waals surface area contributed by atoms with E-state index in [4.69, 9.17) is 20.2 Å². The van der Waals surface area contributed by atoms with Gasteiger partial charge in [0, 0.05) is 6.04 Å². The van der Waals surface area contributed by atoms with Crippen molar-refractivity contribution in [2.45, 2.75) is 51.5 Å². The zero-order chi connectivity index (χ0) is 18.3. The second-order valence-electron chi connectivity index (χ2n) is 7.20. The molecular formula is C18H37Cl2MnN4-. The fourth-order valence-corrected chi connectivity index (χ4v) is 3.79. The van der Waals surface area contributed by atoms with Crippen LogP contribution in [-0.4, -0.2) is 86.7 Å². The average molecular weight is 435 g/mol. The van der Waals surface area contributed by atoms with Crippen LogP contribution in [0.2, 0.25) is 0 Å². The zero-order valence-electron chi connectivity index (χ0n) is 16.1. The van der Waals surface area contributed by atoms with Crippen molar-refractivity contribution in [1.82, 2.24) is 14.7 Å². The number of hydrogen-bond donors (Lipinski definition) is 0. The summed E-state index contributed by atoms with van der Waals surface area (Å²) in [5.74, 6) is 0. The van der Waals surface area contributed by atoms with Gasteiger partial charge in [0.1, 0.15) is 0 Å². The summed E-state index contributed by atoms with van der Waals surface area (Å²) in [6, 6.07) is 0.849. The van der Waals surface area contributed by atoms with Crippen molar-refractivity contribution < 1.29 is 13.1 Å². The number of nitrogens with zero attached hydrogens (tertiary/aromatic N) is 4. The molecule has 0 bridgehead atoms. The van der Waals surface area contributed by atoms with Crippen LogP contribution >= 0.6 is 20.2 Å². The van der Waals surface area contributed by atoms with Gasteiger partial charge in [-0.2, -0.15) is 0 Å². The molecule has 7 heteroatoms. The van der Waals surface area contributed by atoms with Crippen molar-refractivity contribution in [2.24, 2.45) is 0 Å². The van der Waals surface area contributed by atoms with E-state index in [1.54, 1.807) is 0 Å². The Morgan fingerprint density at radius 3 is 2.52 bits per heavy atom. The van der Waals surface area contributed by atoms with E-state index in [0.717, 1.165) is 25.7 Å². The second-order valence-corrected chi connectivity index (χ2v) is 9.15. The molecule has 0 amide bonds. The maximum absolute atomic E-state index is 4.80. The van der Waals surface area contributed by atoms with E-state index in [2.05, 4.69) is 34.0 Å². The molecule has 0 N–H and O–H groups in total. The monoisotopic (exact) mass is 434 g/mol. The Kier molecular flexibility index (Phi) is 15.3. The van der Waals surface area contributed by atoms with Crippen LogP contribution in [-0.2, 0) is 13.1 Å². The summed E-state index contributed by atoms with van der Waals surface area (Å²) in [6.07, 6.45) is 8.19. The van der Waals surface area contributed by atoms with E-state index in [1.165, 1.54) is 77.8 Å². The van der Waals surface area contributed by atoms with Crippen LogP contribution in [0.25, 0.3) is 5.32 Å². The zero-order valence-corrected chi connectivity index (χ0v) is 18.8. The molecule has 2 saturated heterocycles. The van der Waals surface area contributed by atoms with Crippen molar-refractivity contribution in [1.29, 1.82) is 0 Å². The van der Waals surface area contributed by atoms with E-state index < -0.39 is 0 Å². The number of rotatable bonds is 6. The van der Waals surface area contributed by atoms with Gasteiger partial charge in [-0.25, -0.2) is 0 Å². The van der Waals surface area contributed by atoms with Crippen molar-refractivity contribution in [3.63, 3.8) is 0 Å². The van der Waals surface area contributed by atoms with Crippen LogP contribution in [0.4, 0.5) is 0 Å². The van der Waals surface area contributed by atoms with Crippen LogP contribution in [0, 0.1) is 0 Å². The molecule has 0 aromatic heterocycles. The van der Waals surface area contributed by atoms with Gasteiger partial charge in [-0.05, 0) is 85.0 Å². The number of unbranched alkanes of at least 4 members (excludes halogenated alkanes) is 1. The summed E-state index contributed by atoms with van der Waals surface area (Å²) < 4.78 is 0. The van der Waals surface area contributed by atoms with Gasteiger partial charge in [0.05, 0.1) is 0 Å². The predicted molar refractivity (Wildman–Crippen MR) is 107 cm³/mol. The Labute approximate surface area is 170 Å². The minimum atomic E-state index is 0.00694. The van der Waals surface area contributed by atoms with Gasteiger partial charge in [0.25, 0.3) is 0 Å². The molecule has 151 valence electrons. The molecule has 0 aliphatic carbocycles. The molecule has 2 rings (SSSR count). The quantitative estimate of drug-likeness (QED) is 0.589. The third-order valence-electron chi connectivity index (χ3n) is 5.30.